The number of anilines is 1. The Morgan fingerprint density at radius 3 is 2.45 bits per heavy atom. The minimum absolute atomic E-state index is 0.148. The molecule has 1 N–H and O–H groups in total. The maximum atomic E-state index is 13.0. The zero-order valence-electron chi connectivity index (χ0n) is 17.6. The summed E-state index contributed by atoms with van der Waals surface area (Å²) in [5.74, 6) is -0.354. The number of amides is 1. The molecule has 1 aliphatic heterocycles. The number of nitrogens with zero attached hydrogens (tertiary/aromatic N) is 2. The molecule has 0 spiro atoms. The first-order valence-corrected chi connectivity index (χ1v) is 12.7. The number of fused-ring (bicyclic) bond motifs is 1. The van der Waals surface area contributed by atoms with Gasteiger partial charge in [0, 0.05) is 23.5 Å². The molecule has 0 saturated carbocycles. The topological polar surface area (TPSA) is 99.5 Å². The number of ether oxygens (including phenoxy) is 1. The molecule has 164 valence electrons. The van der Waals surface area contributed by atoms with Crippen LogP contribution in [0.5, 0.6) is 0 Å². The van der Waals surface area contributed by atoms with Gasteiger partial charge in [0.1, 0.15) is 11.1 Å². The van der Waals surface area contributed by atoms with Gasteiger partial charge in [0.05, 0.1) is 22.7 Å². The molecular formula is C22H25N3O4S2. The van der Waals surface area contributed by atoms with Gasteiger partial charge in [-0.25, -0.2) is 8.42 Å². The lowest BCUT2D eigenvalue weighted by Crippen LogP contribution is -2.48. The average Bonchev–Trinajstić information content (AvgIpc) is 3.10. The number of sulfonamides is 1. The number of hydrogen-bond acceptors (Lipinski definition) is 6. The van der Waals surface area contributed by atoms with Gasteiger partial charge in [0.2, 0.25) is 10.0 Å². The third-order valence-electron chi connectivity index (χ3n) is 5.65. The van der Waals surface area contributed by atoms with E-state index in [1.165, 1.54) is 44.8 Å². The number of morpholine rings is 1. The maximum Gasteiger partial charge on any atom is 0.256 e. The van der Waals surface area contributed by atoms with Crippen LogP contribution >= 0.6 is 11.3 Å². The van der Waals surface area contributed by atoms with E-state index in [1.807, 2.05) is 13.8 Å². The number of carbonyl (C=O) groups excluding carboxylic acids is 1. The largest absolute Gasteiger partial charge is 0.373 e. The second-order valence-electron chi connectivity index (χ2n) is 8.08. The number of carbonyl (C=O) groups is 1. The summed E-state index contributed by atoms with van der Waals surface area (Å²) in [6, 6.07) is 8.17. The summed E-state index contributed by atoms with van der Waals surface area (Å²) in [5.41, 5.74) is 1.96. The van der Waals surface area contributed by atoms with E-state index in [-0.39, 0.29) is 23.0 Å². The van der Waals surface area contributed by atoms with Gasteiger partial charge in [-0.05, 0) is 69.4 Å². The van der Waals surface area contributed by atoms with E-state index >= 15 is 0 Å². The van der Waals surface area contributed by atoms with Crippen molar-refractivity contribution in [2.24, 2.45) is 0 Å². The monoisotopic (exact) mass is 459 g/mol. The third kappa shape index (κ3) is 4.39. The number of aryl methyl sites for hydroxylation is 1. The van der Waals surface area contributed by atoms with Crippen molar-refractivity contribution in [2.45, 2.75) is 56.6 Å². The molecular weight excluding hydrogens is 434 g/mol. The molecule has 2 atom stereocenters. The van der Waals surface area contributed by atoms with Crippen molar-refractivity contribution in [3.8, 4) is 6.07 Å². The van der Waals surface area contributed by atoms with E-state index in [1.54, 1.807) is 0 Å². The first-order valence-electron chi connectivity index (χ1n) is 10.4. The van der Waals surface area contributed by atoms with Crippen molar-refractivity contribution >= 4 is 32.3 Å². The number of thiophene rings is 1. The SMILES string of the molecule is CC1CN(S(=O)(=O)c2ccc(C(=O)Nc3sc4c(c3C#N)CCCC4)cc2)CC(C)O1. The minimum Gasteiger partial charge on any atom is -0.373 e. The van der Waals surface area contributed by atoms with Crippen molar-refractivity contribution < 1.29 is 17.9 Å². The number of hydrogen-bond donors (Lipinski definition) is 1. The molecule has 1 amide bonds. The number of nitrogens with one attached hydrogen (secondary N) is 1. The molecule has 31 heavy (non-hydrogen) atoms. The molecule has 1 aromatic heterocycles. The Kier molecular flexibility index (Phi) is 6.17. The predicted molar refractivity (Wildman–Crippen MR) is 119 cm³/mol. The highest BCUT2D eigenvalue weighted by molar-refractivity contribution is 7.89. The fraction of sp³-hybridized carbons (Fsp3) is 0.455. The number of rotatable bonds is 4. The second kappa shape index (κ2) is 8.71. The quantitative estimate of drug-likeness (QED) is 0.754. The summed E-state index contributed by atoms with van der Waals surface area (Å²) in [4.78, 5) is 14.1. The number of benzene rings is 1. The highest BCUT2D eigenvalue weighted by Gasteiger charge is 2.32. The molecule has 1 fully saturated rings. The Morgan fingerprint density at radius 2 is 1.81 bits per heavy atom. The van der Waals surface area contributed by atoms with Crippen LogP contribution in [0.25, 0.3) is 0 Å². The zero-order valence-corrected chi connectivity index (χ0v) is 19.2. The highest BCUT2D eigenvalue weighted by Crippen LogP contribution is 2.37. The molecule has 2 aromatic rings. The van der Waals surface area contributed by atoms with Crippen LogP contribution in [0.15, 0.2) is 29.2 Å². The molecule has 2 aliphatic rings. The van der Waals surface area contributed by atoms with Gasteiger partial charge in [-0.2, -0.15) is 9.57 Å². The maximum absolute atomic E-state index is 13.0. The van der Waals surface area contributed by atoms with Crippen molar-refractivity contribution in [3.05, 3.63) is 45.8 Å². The molecule has 7 nitrogen and oxygen atoms in total. The number of nitriles is 1. The van der Waals surface area contributed by atoms with Crippen molar-refractivity contribution in [2.75, 3.05) is 18.4 Å². The van der Waals surface area contributed by atoms with Crippen LogP contribution in [-0.2, 0) is 27.6 Å². The van der Waals surface area contributed by atoms with Gasteiger partial charge < -0.3 is 10.1 Å². The molecule has 2 unspecified atom stereocenters. The molecule has 4 rings (SSSR count). The van der Waals surface area contributed by atoms with E-state index in [9.17, 15) is 18.5 Å². The normalized spacial score (nSPS) is 21.8. The van der Waals surface area contributed by atoms with Crippen molar-refractivity contribution in [1.82, 2.24) is 4.31 Å². The molecule has 1 saturated heterocycles. The van der Waals surface area contributed by atoms with Crippen LogP contribution in [0, 0.1) is 11.3 Å². The smallest absolute Gasteiger partial charge is 0.256 e. The van der Waals surface area contributed by atoms with Crippen molar-refractivity contribution in [3.63, 3.8) is 0 Å². The lowest BCUT2D eigenvalue weighted by Gasteiger charge is -2.34. The lowest BCUT2D eigenvalue weighted by atomic mass is 9.96. The zero-order chi connectivity index (χ0) is 22.2. The van der Waals surface area contributed by atoms with Crippen LogP contribution < -0.4 is 5.32 Å². The van der Waals surface area contributed by atoms with Gasteiger partial charge in [0.15, 0.2) is 0 Å². The summed E-state index contributed by atoms with van der Waals surface area (Å²) in [5, 5.41) is 13.0. The summed E-state index contributed by atoms with van der Waals surface area (Å²) in [7, 11) is -3.66. The first kappa shape index (κ1) is 22.0. The summed E-state index contributed by atoms with van der Waals surface area (Å²) in [6.07, 6.45) is 3.63. The third-order valence-corrected chi connectivity index (χ3v) is 8.70. The average molecular weight is 460 g/mol. The molecule has 0 bridgehead atoms. The summed E-state index contributed by atoms with van der Waals surface area (Å²) in [6.45, 7) is 4.30. The van der Waals surface area contributed by atoms with E-state index < -0.39 is 10.0 Å². The van der Waals surface area contributed by atoms with E-state index in [0.717, 1.165) is 31.2 Å². The van der Waals surface area contributed by atoms with Gasteiger partial charge in [0.25, 0.3) is 5.91 Å². The van der Waals surface area contributed by atoms with Gasteiger partial charge in [-0.3, -0.25) is 4.79 Å². The summed E-state index contributed by atoms with van der Waals surface area (Å²) < 4.78 is 33.0. The Morgan fingerprint density at radius 1 is 1.16 bits per heavy atom. The van der Waals surface area contributed by atoms with Crippen LogP contribution in [-0.4, -0.2) is 43.9 Å². The molecule has 9 heteroatoms. The van der Waals surface area contributed by atoms with E-state index in [4.69, 9.17) is 4.74 Å². The highest BCUT2D eigenvalue weighted by atomic mass is 32.2. The fourth-order valence-electron chi connectivity index (χ4n) is 4.20. The summed E-state index contributed by atoms with van der Waals surface area (Å²) >= 11 is 1.47. The Balaban J connectivity index is 1.52. The predicted octanol–water partition coefficient (Wildman–Crippen LogP) is 3.55. The van der Waals surface area contributed by atoms with E-state index in [0.29, 0.717) is 29.2 Å². The van der Waals surface area contributed by atoms with Crippen LogP contribution in [0.3, 0.4) is 0 Å². The van der Waals surface area contributed by atoms with Crippen LogP contribution in [0.4, 0.5) is 5.00 Å². The second-order valence-corrected chi connectivity index (χ2v) is 11.1. The minimum atomic E-state index is -3.66. The molecule has 0 radical (unpaired) electrons. The van der Waals surface area contributed by atoms with Gasteiger partial charge in [-0.15, -0.1) is 11.3 Å². The fourth-order valence-corrected chi connectivity index (χ4v) is 7.03. The molecule has 1 aromatic carbocycles. The van der Waals surface area contributed by atoms with Gasteiger partial charge in [-0.1, -0.05) is 0 Å². The Bertz CT molecular complexity index is 1120. The van der Waals surface area contributed by atoms with Crippen LogP contribution in [0.1, 0.15) is 53.1 Å². The molecule has 2 heterocycles. The first-order chi connectivity index (χ1) is 14.8. The van der Waals surface area contributed by atoms with Gasteiger partial charge >= 0.3 is 0 Å². The Labute approximate surface area is 186 Å². The lowest BCUT2D eigenvalue weighted by molar-refractivity contribution is -0.0440. The Hall–Kier alpha value is -2.25. The van der Waals surface area contributed by atoms with E-state index in [2.05, 4.69) is 11.4 Å². The molecule has 1 aliphatic carbocycles. The van der Waals surface area contributed by atoms with Crippen LogP contribution in [0.2, 0.25) is 0 Å². The van der Waals surface area contributed by atoms with Crippen molar-refractivity contribution in [1.29, 1.82) is 5.26 Å². The standard InChI is InChI=1S/C22H25N3O4S2/c1-14-12-25(13-15(2)29-14)31(27,28)17-9-7-16(8-10-17)21(26)24-22-19(11-23)18-5-3-4-6-20(18)30-22/h7-10,14-15H,3-6,12-13H2,1-2H3,(H,24,26).